The highest BCUT2D eigenvalue weighted by Crippen LogP contribution is 2.27. The van der Waals surface area contributed by atoms with Crippen LogP contribution in [0.1, 0.15) is 28.5 Å². The van der Waals surface area contributed by atoms with E-state index >= 15 is 0 Å². The Kier molecular flexibility index (Phi) is 4.58. The number of rotatable bonds is 5. The van der Waals surface area contributed by atoms with E-state index < -0.39 is 10.0 Å². The summed E-state index contributed by atoms with van der Waals surface area (Å²) in [5.74, 6) is 1.33. The van der Waals surface area contributed by atoms with Gasteiger partial charge < -0.3 is 9.15 Å². The lowest BCUT2D eigenvalue weighted by atomic mass is 10.1. The highest BCUT2D eigenvalue weighted by atomic mass is 32.2. The van der Waals surface area contributed by atoms with E-state index in [1.807, 2.05) is 13.8 Å². The number of nitrogens with one attached hydrogen (secondary N) is 1. The first-order chi connectivity index (χ1) is 10.2. The van der Waals surface area contributed by atoms with Gasteiger partial charge in [-0.25, -0.2) is 18.1 Å². The van der Waals surface area contributed by atoms with Crippen molar-refractivity contribution in [3.05, 3.63) is 40.6 Å². The van der Waals surface area contributed by atoms with Gasteiger partial charge in [-0.3, -0.25) is 0 Å². The largest absolute Gasteiger partial charge is 0.495 e. The lowest BCUT2D eigenvalue weighted by molar-refractivity contribution is 0.401. The van der Waals surface area contributed by atoms with E-state index in [9.17, 15) is 8.42 Å². The van der Waals surface area contributed by atoms with Crippen molar-refractivity contribution in [2.45, 2.75) is 39.1 Å². The molecule has 120 valence electrons. The second-order valence-electron chi connectivity index (χ2n) is 5.15. The van der Waals surface area contributed by atoms with Gasteiger partial charge in [-0.1, -0.05) is 0 Å². The van der Waals surface area contributed by atoms with Crippen LogP contribution in [-0.2, 0) is 16.6 Å². The van der Waals surface area contributed by atoms with E-state index in [4.69, 9.17) is 9.15 Å². The van der Waals surface area contributed by atoms with Crippen molar-refractivity contribution in [1.29, 1.82) is 0 Å². The van der Waals surface area contributed by atoms with Gasteiger partial charge in [0.15, 0.2) is 5.89 Å². The molecule has 22 heavy (non-hydrogen) atoms. The number of aromatic nitrogens is 1. The van der Waals surface area contributed by atoms with E-state index in [1.54, 1.807) is 26.0 Å². The van der Waals surface area contributed by atoms with E-state index in [0.717, 1.165) is 11.1 Å². The van der Waals surface area contributed by atoms with Gasteiger partial charge >= 0.3 is 0 Å². The first-order valence-electron chi connectivity index (χ1n) is 6.82. The SMILES string of the molecule is COc1cc(C)c(C)cc1S(=O)(=O)NCc1oc(C)nc1C. The molecule has 0 aliphatic rings. The Morgan fingerprint density at radius 2 is 1.82 bits per heavy atom. The summed E-state index contributed by atoms with van der Waals surface area (Å²) in [6.07, 6.45) is 0. The molecule has 1 N–H and O–H groups in total. The number of nitrogens with zero attached hydrogens (tertiary/aromatic N) is 1. The maximum absolute atomic E-state index is 12.5. The summed E-state index contributed by atoms with van der Waals surface area (Å²) in [7, 11) is -2.26. The number of sulfonamides is 1. The minimum Gasteiger partial charge on any atom is -0.495 e. The summed E-state index contributed by atoms with van der Waals surface area (Å²) in [5, 5.41) is 0. The van der Waals surface area contributed by atoms with Crippen molar-refractivity contribution in [2.24, 2.45) is 0 Å². The zero-order chi connectivity index (χ0) is 16.5. The maximum atomic E-state index is 12.5. The number of oxazole rings is 1. The summed E-state index contributed by atoms with van der Waals surface area (Å²) >= 11 is 0. The molecule has 2 rings (SSSR count). The zero-order valence-corrected chi connectivity index (χ0v) is 14.2. The van der Waals surface area contributed by atoms with Crippen molar-refractivity contribution in [2.75, 3.05) is 7.11 Å². The lowest BCUT2D eigenvalue weighted by Crippen LogP contribution is -2.24. The topological polar surface area (TPSA) is 81.4 Å². The third kappa shape index (κ3) is 3.31. The Hall–Kier alpha value is -1.86. The highest BCUT2D eigenvalue weighted by molar-refractivity contribution is 7.89. The zero-order valence-electron chi connectivity index (χ0n) is 13.4. The third-order valence-electron chi connectivity index (χ3n) is 3.49. The quantitative estimate of drug-likeness (QED) is 0.913. The molecule has 7 heteroatoms. The molecule has 6 nitrogen and oxygen atoms in total. The molecule has 0 aliphatic heterocycles. The van der Waals surface area contributed by atoms with Crippen molar-refractivity contribution < 1.29 is 17.6 Å². The fraction of sp³-hybridized carbons (Fsp3) is 0.400. The molecule has 0 saturated carbocycles. The smallest absolute Gasteiger partial charge is 0.244 e. The van der Waals surface area contributed by atoms with E-state index in [2.05, 4.69) is 9.71 Å². The van der Waals surface area contributed by atoms with Gasteiger partial charge in [0.05, 0.1) is 19.3 Å². The van der Waals surface area contributed by atoms with Crippen LogP contribution in [0.3, 0.4) is 0 Å². The van der Waals surface area contributed by atoms with Crippen LogP contribution in [0.4, 0.5) is 0 Å². The molecule has 0 bridgehead atoms. The predicted octanol–water partition coefficient (Wildman–Crippen LogP) is 2.40. The van der Waals surface area contributed by atoms with Crippen molar-refractivity contribution in [3.8, 4) is 5.75 Å². The number of ether oxygens (including phenoxy) is 1. The Labute approximate surface area is 130 Å². The number of methoxy groups -OCH3 is 1. The van der Waals surface area contributed by atoms with Crippen LogP contribution in [0.15, 0.2) is 21.4 Å². The van der Waals surface area contributed by atoms with Crippen molar-refractivity contribution in [1.82, 2.24) is 9.71 Å². The summed E-state index contributed by atoms with van der Waals surface area (Å²) < 4.78 is 38.1. The monoisotopic (exact) mass is 324 g/mol. The average molecular weight is 324 g/mol. The van der Waals surface area contributed by atoms with Crippen LogP contribution in [0.5, 0.6) is 5.75 Å². The Bertz CT molecular complexity index is 794. The van der Waals surface area contributed by atoms with Gasteiger partial charge in [-0.05, 0) is 44.0 Å². The molecule has 2 aromatic rings. The molecular formula is C15H20N2O4S. The third-order valence-corrected chi connectivity index (χ3v) is 4.91. The van der Waals surface area contributed by atoms with Crippen LogP contribution in [0.25, 0.3) is 0 Å². The molecule has 1 aromatic heterocycles. The molecular weight excluding hydrogens is 304 g/mol. The number of aryl methyl sites for hydroxylation is 4. The fourth-order valence-corrected chi connectivity index (χ4v) is 3.32. The van der Waals surface area contributed by atoms with Gasteiger partial charge in [0.1, 0.15) is 16.4 Å². The molecule has 0 atom stereocenters. The Morgan fingerprint density at radius 1 is 1.18 bits per heavy atom. The molecule has 0 spiro atoms. The predicted molar refractivity (Wildman–Crippen MR) is 82.5 cm³/mol. The number of benzene rings is 1. The molecule has 0 amide bonds. The second kappa shape index (κ2) is 6.10. The first kappa shape index (κ1) is 16.5. The average Bonchev–Trinajstić information content (AvgIpc) is 2.77. The number of hydrogen-bond acceptors (Lipinski definition) is 5. The molecule has 0 aliphatic carbocycles. The molecule has 0 saturated heterocycles. The molecule has 0 radical (unpaired) electrons. The fourth-order valence-electron chi connectivity index (χ4n) is 2.11. The Morgan fingerprint density at radius 3 is 2.36 bits per heavy atom. The van der Waals surface area contributed by atoms with Crippen molar-refractivity contribution >= 4 is 10.0 Å². The van der Waals surface area contributed by atoms with Crippen LogP contribution in [-0.4, -0.2) is 20.5 Å². The molecule has 1 heterocycles. The van der Waals surface area contributed by atoms with E-state index in [0.29, 0.717) is 23.1 Å². The van der Waals surface area contributed by atoms with Gasteiger partial charge in [0.25, 0.3) is 0 Å². The van der Waals surface area contributed by atoms with Gasteiger partial charge in [0, 0.05) is 6.92 Å². The summed E-state index contributed by atoms with van der Waals surface area (Å²) in [6, 6.07) is 3.32. The Balaban J connectivity index is 2.31. The summed E-state index contributed by atoms with van der Waals surface area (Å²) in [4.78, 5) is 4.24. The molecule has 0 unspecified atom stereocenters. The number of hydrogen-bond donors (Lipinski definition) is 1. The van der Waals surface area contributed by atoms with E-state index in [1.165, 1.54) is 7.11 Å². The molecule has 1 aromatic carbocycles. The van der Waals surface area contributed by atoms with Crippen LogP contribution >= 0.6 is 0 Å². The van der Waals surface area contributed by atoms with Gasteiger partial charge in [-0.15, -0.1) is 0 Å². The minimum atomic E-state index is -3.71. The van der Waals surface area contributed by atoms with Crippen LogP contribution in [0.2, 0.25) is 0 Å². The maximum Gasteiger partial charge on any atom is 0.244 e. The van der Waals surface area contributed by atoms with Crippen molar-refractivity contribution in [3.63, 3.8) is 0 Å². The normalized spacial score (nSPS) is 11.7. The summed E-state index contributed by atoms with van der Waals surface area (Å²) in [5.41, 5.74) is 2.53. The standard InChI is InChI=1S/C15H20N2O4S/c1-9-6-13(20-5)15(7-10(9)2)22(18,19)16-8-14-11(3)17-12(4)21-14/h6-7,16H,8H2,1-5H3. The lowest BCUT2D eigenvalue weighted by Gasteiger charge is -2.12. The first-order valence-corrected chi connectivity index (χ1v) is 8.30. The van der Waals surface area contributed by atoms with Gasteiger partial charge in [0.2, 0.25) is 10.0 Å². The minimum absolute atomic E-state index is 0.0467. The van der Waals surface area contributed by atoms with Crippen LogP contribution in [0, 0.1) is 27.7 Å². The van der Waals surface area contributed by atoms with Crippen LogP contribution < -0.4 is 9.46 Å². The molecule has 0 fully saturated rings. The van der Waals surface area contributed by atoms with E-state index in [-0.39, 0.29) is 11.4 Å². The second-order valence-corrected chi connectivity index (χ2v) is 6.89. The summed E-state index contributed by atoms with van der Waals surface area (Å²) in [6.45, 7) is 7.30. The highest BCUT2D eigenvalue weighted by Gasteiger charge is 2.21. The van der Waals surface area contributed by atoms with Gasteiger partial charge in [-0.2, -0.15) is 0 Å².